The first-order valence-corrected chi connectivity index (χ1v) is 12.0. The Labute approximate surface area is 206 Å². The molecule has 1 aromatic heterocycles. The lowest BCUT2D eigenvalue weighted by Gasteiger charge is -2.18. The van der Waals surface area contributed by atoms with Gasteiger partial charge in [-0.1, -0.05) is 60.7 Å². The van der Waals surface area contributed by atoms with Gasteiger partial charge < -0.3 is 16.0 Å². The van der Waals surface area contributed by atoms with Gasteiger partial charge in [0, 0.05) is 37.8 Å². The number of hydrogen-bond donors (Lipinski definition) is 2. The van der Waals surface area contributed by atoms with Gasteiger partial charge in [-0.05, 0) is 54.0 Å². The lowest BCUT2D eigenvalue weighted by molar-refractivity contribution is 0.0966. The van der Waals surface area contributed by atoms with Crippen molar-refractivity contribution in [2.24, 2.45) is 5.73 Å². The molecule has 6 nitrogen and oxygen atoms in total. The molecule has 0 saturated carbocycles. The fraction of sp³-hybridized carbons (Fsp3) is 0.241. The molecule has 35 heavy (non-hydrogen) atoms. The molecule has 0 amide bonds. The number of ketones is 1. The van der Waals surface area contributed by atoms with Crippen LogP contribution in [0.1, 0.15) is 45.3 Å². The van der Waals surface area contributed by atoms with E-state index in [1.165, 1.54) is 16.7 Å². The summed E-state index contributed by atoms with van der Waals surface area (Å²) in [5.41, 5.74) is 14.0. The van der Waals surface area contributed by atoms with Gasteiger partial charge in [-0.15, -0.1) is 0 Å². The first-order valence-electron chi connectivity index (χ1n) is 12.0. The number of nitrogens with zero attached hydrogens (tertiary/aromatic N) is 3. The summed E-state index contributed by atoms with van der Waals surface area (Å²) in [6.07, 6.45) is 2.12. The van der Waals surface area contributed by atoms with Crippen molar-refractivity contribution in [3.63, 3.8) is 0 Å². The minimum atomic E-state index is -0.0633. The van der Waals surface area contributed by atoms with E-state index in [0.717, 1.165) is 29.1 Å². The Hall–Kier alpha value is -3.58. The third-order valence-corrected chi connectivity index (χ3v) is 6.57. The Kier molecular flexibility index (Phi) is 6.59. The summed E-state index contributed by atoms with van der Waals surface area (Å²) < 4.78 is 1.89. The summed E-state index contributed by atoms with van der Waals surface area (Å²) in [7, 11) is 4.17. The highest BCUT2D eigenvalue weighted by Crippen LogP contribution is 2.30. The van der Waals surface area contributed by atoms with Crippen LogP contribution >= 0.6 is 0 Å². The van der Waals surface area contributed by atoms with Crippen LogP contribution in [0.3, 0.4) is 0 Å². The normalized spacial score (nSPS) is 15.8. The second-order valence-electron chi connectivity index (χ2n) is 9.36. The van der Waals surface area contributed by atoms with Crippen molar-refractivity contribution in [1.82, 2.24) is 19.8 Å². The van der Waals surface area contributed by atoms with Crippen molar-refractivity contribution in [2.45, 2.75) is 32.1 Å². The molecule has 3 aromatic carbocycles. The Morgan fingerprint density at radius 1 is 1.06 bits per heavy atom. The third-order valence-electron chi connectivity index (χ3n) is 6.57. The molecule has 0 saturated heterocycles. The summed E-state index contributed by atoms with van der Waals surface area (Å²) in [5.74, 6) is 0.0889. The van der Waals surface area contributed by atoms with Crippen molar-refractivity contribution in [1.29, 1.82) is 0 Å². The highest BCUT2D eigenvalue weighted by molar-refractivity contribution is 5.97. The summed E-state index contributed by atoms with van der Waals surface area (Å²) >= 11 is 0. The van der Waals surface area contributed by atoms with Gasteiger partial charge in [-0.25, -0.2) is 4.98 Å². The quantitative estimate of drug-likeness (QED) is 0.439. The molecule has 6 heteroatoms. The number of rotatable bonds is 6. The number of fused-ring (bicyclic) bond motifs is 1. The maximum Gasteiger partial charge on any atom is 0.183 e. The van der Waals surface area contributed by atoms with Crippen LogP contribution in [0.2, 0.25) is 0 Å². The molecule has 1 atom stereocenters. The average Bonchev–Trinajstić information content (AvgIpc) is 3.23. The zero-order chi connectivity index (χ0) is 24.4. The number of carbonyl (C=O) groups excluding carboxylic acids is 1. The first kappa shape index (κ1) is 23.2. The van der Waals surface area contributed by atoms with Gasteiger partial charge in [0.05, 0.1) is 5.69 Å². The highest BCUT2D eigenvalue weighted by atomic mass is 16.1. The lowest BCUT2D eigenvalue weighted by Crippen LogP contribution is -2.20. The minimum absolute atomic E-state index is 0.0633. The minimum Gasteiger partial charge on any atom is -0.326 e. The molecule has 0 radical (unpaired) electrons. The monoisotopic (exact) mass is 465 g/mol. The van der Waals surface area contributed by atoms with Gasteiger partial charge in [0.15, 0.2) is 5.78 Å². The number of hydrogen-bond acceptors (Lipinski definition) is 5. The summed E-state index contributed by atoms with van der Waals surface area (Å²) in [6, 6.07) is 25.0. The Morgan fingerprint density at radius 2 is 1.86 bits per heavy atom. The van der Waals surface area contributed by atoms with E-state index in [0.29, 0.717) is 25.2 Å². The van der Waals surface area contributed by atoms with E-state index >= 15 is 0 Å². The van der Waals surface area contributed by atoms with Crippen LogP contribution in [-0.4, -0.2) is 34.3 Å². The smallest absolute Gasteiger partial charge is 0.183 e. The maximum absolute atomic E-state index is 13.4. The molecule has 5 rings (SSSR count). The Balaban J connectivity index is 1.38. The van der Waals surface area contributed by atoms with Crippen LogP contribution in [0.4, 0.5) is 0 Å². The largest absolute Gasteiger partial charge is 0.326 e. The summed E-state index contributed by atoms with van der Waals surface area (Å²) in [4.78, 5) is 20.1. The molecule has 4 aromatic rings. The van der Waals surface area contributed by atoms with E-state index in [9.17, 15) is 4.79 Å². The topological polar surface area (TPSA) is 76.2 Å². The zero-order valence-electron chi connectivity index (χ0n) is 20.2. The number of nitrogens with two attached hydrogens (primary N) is 1. The maximum atomic E-state index is 13.4. The average molecular weight is 466 g/mol. The van der Waals surface area contributed by atoms with E-state index < -0.39 is 0 Å². The van der Waals surface area contributed by atoms with Crippen LogP contribution in [0, 0.1) is 0 Å². The molecule has 1 aliphatic heterocycles. The van der Waals surface area contributed by atoms with E-state index in [-0.39, 0.29) is 11.8 Å². The third kappa shape index (κ3) is 4.82. The van der Waals surface area contributed by atoms with Crippen molar-refractivity contribution < 1.29 is 4.79 Å². The second-order valence-corrected chi connectivity index (χ2v) is 9.36. The predicted molar refractivity (Wildman–Crippen MR) is 139 cm³/mol. The van der Waals surface area contributed by atoms with E-state index in [4.69, 9.17) is 5.73 Å². The van der Waals surface area contributed by atoms with Crippen molar-refractivity contribution >= 4 is 5.78 Å². The van der Waals surface area contributed by atoms with Crippen molar-refractivity contribution in [3.8, 4) is 16.8 Å². The van der Waals surface area contributed by atoms with Gasteiger partial charge in [0.2, 0.25) is 0 Å². The fourth-order valence-electron chi connectivity index (χ4n) is 4.82. The standard InChI is InChI=1S/C29H31N5O/c1-33(2)18-23-7-3-4-9-25(23)21-10-12-22(13-11-21)26-15-28(35)29-27(17-31-26)32-19-34(29)24-8-5-6-20(14-24)16-30/h3-14,19,26,31H,15-18,30H2,1-2H3. The van der Waals surface area contributed by atoms with E-state index in [1.807, 2.05) is 28.8 Å². The molecular formula is C29H31N5O. The SMILES string of the molecule is CN(C)Cc1ccccc1-c1ccc(C2CC(=O)c3c(ncn3-c3cccc(CN)c3)CN2)cc1. The van der Waals surface area contributed by atoms with Crippen LogP contribution in [0.15, 0.2) is 79.1 Å². The lowest BCUT2D eigenvalue weighted by atomic mass is 9.95. The summed E-state index contributed by atoms with van der Waals surface area (Å²) in [5, 5.41) is 3.55. The van der Waals surface area contributed by atoms with Crippen molar-refractivity contribution in [2.75, 3.05) is 14.1 Å². The highest BCUT2D eigenvalue weighted by Gasteiger charge is 2.27. The van der Waals surface area contributed by atoms with Crippen LogP contribution < -0.4 is 11.1 Å². The van der Waals surface area contributed by atoms with Crippen LogP contribution in [-0.2, 0) is 19.6 Å². The van der Waals surface area contributed by atoms with Gasteiger partial charge in [-0.2, -0.15) is 0 Å². The molecule has 0 aliphatic carbocycles. The molecule has 1 aliphatic rings. The Bertz CT molecular complexity index is 1340. The molecule has 3 N–H and O–H groups in total. The number of benzene rings is 3. The van der Waals surface area contributed by atoms with Gasteiger partial charge in [0.25, 0.3) is 0 Å². The number of nitrogens with one attached hydrogen (secondary N) is 1. The molecule has 1 unspecified atom stereocenters. The molecule has 0 fully saturated rings. The van der Waals surface area contributed by atoms with Gasteiger partial charge in [-0.3, -0.25) is 9.36 Å². The number of Topliss-reactive ketones (excluding diaryl/α,β-unsaturated/α-hetero) is 1. The number of aromatic nitrogens is 2. The molecule has 2 heterocycles. The number of imidazole rings is 1. The molecule has 178 valence electrons. The van der Waals surface area contributed by atoms with E-state index in [1.54, 1.807) is 6.33 Å². The Morgan fingerprint density at radius 3 is 2.63 bits per heavy atom. The van der Waals surface area contributed by atoms with Gasteiger partial charge in [0.1, 0.15) is 12.0 Å². The molecular weight excluding hydrogens is 434 g/mol. The van der Waals surface area contributed by atoms with Crippen molar-refractivity contribution in [3.05, 3.63) is 107 Å². The second kappa shape index (κ2) is 9.96. The number of carbonyl (C=O) groups is 1. The van der Waals surface area contributed by atoms with Crippen LogP contribution in [0.25, 0.3) is 16.8 Å². The van der Waals surface area contributed by atoms with E-state index in [2.05, 4.69) is 77.8 Å². The fourth-order valence-corrected chi connectivity index (χ4v) is 4.82. The van der Waals surface area contributed by atoms with Gasteiger partial charge >= 0.3 is 0 Å². The first-order chi connectivity index (χ1) is 17.0. The predicted octanol–water partition coefficient (Wildman–Crippen LogP) is 4.48. The zero-order valence-corrected chi connectivity index (χ0v) is 20.2. The van der Waals surface area contributed by atoms with Crippen LogP contribution in [0.5, 0.6) is 0 Å². The summed E-state index contributed by atoms with van der Waals surface area (Å²) in [6.45, 7) is 1.89. The molecule has 0 bridgehead atoms. The molecule has 0 spiro atoms.